The Morgan fingerprint density at radius 1 is 1.13 bits per heavy atom. The number of pyridine rings is 2. The molecule has 0 saturated carbocycles. The number of nitrogens with one attached hydrogen (secondary N) is 2. The number of hydrogen-bond acceptors (Lipinski definition) is 6. The Morgan fingerprint density at radius 2 is 2.03 bits per heavy atom. The van der Waals surface area contributed by atoms with E-state index in [1.807, 2.05) is 43.3 Å². The number of aliphatic hydroxyl groups excluding tert-OH is 1. The lowest BCUT2D eigenvalue weighted by atomic mass is 10.0. The van der Waals surface area contributed by atoms with Crippen molar-refractivity contribution < 1.29 is 9.90 Å². The Kier molecular flexibility index (Phi) is 5.97. The number of carbonyl (C=O) groups excluding carboxylic acids is 1. The van der Waals surface area contributed by atoms with Crippen LogP contribution in [0.3, 0.4) is 0 Å². The predicted octanol–water partition coefficient (Wildman–Crippen LogP) is 4.10. The van der Waals surface area contributed by atoms with Crippen LogP contribution in [0.1, 0.15) is 12.6 Å². The van der Waals surface area contributed by atoms with Gasteiger partial charge in [0.15, 0.2) is 5.13 Å². The first-order chi connectivity index (χ1) is 14.7. The van der Waals surface area contributed by atoms with Gasteiger partial charge in [-0.3, -0.25) is 15.3 Å². The van der Waals surface area contributed by atoms with Crippen LogP contribution in [0.5, 0.6) is 0 Å². The van der Waals surface area contributed by atoms with E-state index in [1.54, 1.807) is 12.4 Å². The summed E-state index contributed by atoms with van der Waals surface area (Å²) in [6.45, 7) is 2.48. The number of anilines is 1. The van der Waals surface area contributed by atoms with Crippen molar-refractivity contribution in [3.8, 4) is 22.4 Å². The van der Waals surface area contributed by atoms with Gasteiger partial charge in [-0.2, -0.15) is 0 Å². The zero-order valence-corrected chi connectivity index (χ0v) is 17.2. The third-order valence-corrected chi connectivity index (χ3v) is 5.53. The van der Waals surface area contributed by atoms with Crippen molar-refractivity contribution in [1.29, 1.82) is 0 Å². The van der Waals surface area contributed by atoms with E-state index in [0.717, 1.165) is 38.3 Å². The van der Waals surface area contributed by atoms with Crippen LogP contribution in [-0.2, 0) is 6.42 Å². The molecule has 152 valence electrons. The maximum Gasteiger partial charge on any atom is 0.321 e. The molecule has 0 aliphatic rings. The zero-order valence-electron chi connectivity index (χ0n) is 16.4. The first-order valence-corrected chi connectivity index (χ1v) is 10.5. The number of hydrogen-bond donors (Lipinski definition) is 3. The van der Waals surface area contributed by atoms with Gasteiger partial charge < -0.3 is 10.4 Å². The van der Waals surface area contributed by atoms with Gasteiger partial charge in [0.05, 0.1) is 15.9 Å². The second-order valence-electron chi connectivity index (χ2n) is 6.60. The first-order valence-electron chi connectivity index (χ1n) is 9.65. The molecule has 3 N–H and O–H groups in total. The summed E-state index contributed by atoms with van der Waals surface area (Å²) >= 11 is 1.42. The van der Waals surface area contributed by atoms with E-state index in [4.69, 9.17) is 5.11 Å². The standard InChI is InChI=1S/C22H21N5O2S/c1-2-23-21(29)27-22-26-19-12-15(14-6-7-16(8-10-28)25-13-14)11-17(20(19)30-22)18-5-3-4-9-24-18/h3-7,9,11-13,28H,2,8,10H2,1H3,(H2,23,26,27,29). The molecule has 8 heteroatoms. The fraction of sp³-hybridized carbons (Fsp3) is 0.182. The minimum absolute atomic E-state index is 0.0718. The van der Waals surface area contributed by atoms with Gasteiger partial charge >= 0.3 is 6.03 Å². The lowest BCUT2D eigenvalue weighted by molar-refractivity contribution is 0.252. The predicted molar refractivity (Wildman–Crippen MR) is 120 cm³/mol. The largest absolute Gasteiger partial charge is 0.396 e. The van der Waals surface area contributed by atoms with Gasteiger partial charge in [0.2, 0.25) is 0 Å². The summed E-state index contributed by atoms with van der Waals surface area (Å²) in [6.07, 6.45) is 4.09. The number of urea groups is 1. The Labute approximate surface area is 177 Å². The average Bonchev–Trinajstić information content (AvgIpc) is 3.16. The number of fused-ring (bicyclic) bond motifs is 1. The molecule has 0 saturated heterocycles. The SMILES string of the molecule is CCNC(=O)Nc1nc2cc(-c3ccc(CCO)nc3)cc(-c3ccccn3)c2s1. The Balaban J connectivity index is 1.80. The number of aromatic nitrogens is 3. The van der Waals surface area contributed by atoms with Gasteiger partial charge in [-0.15, -0.1) is 0 Å². The van der Waals surface area contributed by atoms with Crippen LogP contribution in [0.25, 0.3) is 32.6 Å². The van der Waals surface area contributed by atoms with Crippen LogP contribution in [0.2, 0.25) is 0 Å². The number of nitrogens with zero attached hydrogens (tertiary/aromatic N) is 3. The molecule has 30 heavy (non-hydrogen) atoms. The maximum atomic E-state index is 11.9. The maximum absolute atomic E-state index is 11.9. The van der Waals surface area contributed by atoms with Crippen LogP contribution >= 0.6 is 11.3 Å². The third kappa shape index (κ3) is 4.29. The minimum atomic E-state index is -0.278. The number of thiazole rings is 1. The second-order valence-corrected chi connectivity index (χ2v) is 7.60. The van der Waals surface area contributed by atoms with E-state index >= 15 is 0 Å². The summed E-state index contributed by atoms with van der Waals surface area (Å²) in [5, 5.41) is 15.1. The van der Waals surface area contributed by atoms with Gasteiger partial charge in [0.25, 0.3) is 0 Å². The van der Waals surface area contributed by atoms with Crippen LogP contribution < -0.4 is 10.6 Å². The van der Waals surface area contributed by atoms with E-state index < -0.39 is 0 Å². The molecule has 7 nitrogen and oxygen atoms in total. The van der Waals surface area contributed by atoms with Gasteiger partial charge in [-0.05, 0) is 42.8 Å². The molecule has 0 spiro atoms. The molecule has 1 aromatic carbocycles. The highest BCUT2D eigenvalue weighted by Crippen LogP contribution is 2.38. The molecule has 0 atom stereocenters. The molecule has 0 aliphatic carbocycles. The highest BCUT2D eigenvalue weighted by Gasteiger charge is 2.15. The van der Waals surface area contributed by atoms with E-state index in [1.165, 1.54) is 11.3 Å². The topological polar surface area (TPSA) is 100 Å². The molecule has 0 unspecified atom stereocenters. The monoisotopic (exact) mass is 419 g/mol. The normalized spacial score (nSPS) is 10.9. The molecule has 0 radical (unpaired) electrons. The summed E-state index contributed by atoms with van der Waals surface area (Å²) in [5.41, 5.74) is 5.31. The van der Waals surface area contributed by atoms with Crippen molar-refractivity contribution in [2.75, 3.05) is 18.5 Å². The Morgan fingerprint density at radius 3 is 2.73 bits per heavy atom. The molecule has 0 fully saturated rings. The number of aliphatic hydroxyl groups is 1. The molecule has 4 aromatic rings. The molecule has 0 bridgehead atoms. The Bertz CT molecular complexity index is 1160. The number of carbonyl (C=O) groups is 1. The lowest BCUT2D eigenvalue weighted by Crippen LogP contribution is -2.28. The number of rotatable bonds is 6. The smallest absolute Gasteiger partial charge is 0.321 e. The van der Waals surface area contributed by atoms with Crippen molar-refractivity contribution >= 4 is 32.7 Å². The van der Waals surface area contributed by atoms with Gasteiger partial charge in [0, 0.05) is 48.8 Å². The zero-order chi connectivity index (χ0) is 20.9. The van der Waals surface area contributed by atoms with E-state index in [9.17, 15) is 4.79 Å². The van der Waals surface area contributed by atoms with Crippen LogP contribution in [-0.4, -0.2) is 39.2 Å². The van der Waals surface area contributed by atoms with E-state index in [0.29, 0.717) is 18.1 Å². The van der Waals surface area contributed by atoms with Gasteiger partial charge in [-0.25, -0.2) is 9.78 Å². The van der Waals surface area contributed by atoms with Gasteiger partial charge in [0.1, 0.15) is 0 Å². The number of benzene rings is 1. The summed E-state index contributed by atoms with van der Waals surface area (Å²) in [7, 11) is 0. The van der Waals surface area contributed by atoms with E-state index in [-0.39, 0.29) is 12.6 Å². The molecule has 4 rings (SSSR count). The van der Waals surface area contributed by atoms with Crippen molar-refractivity contribution in [3.05, 3.63) is 60.6 Å². The third-order valence-electron chi connectivity index (χ3n) is 4.51. The average molecular weight is 420 g/mol. The van der Waals surface area contributed by atoms with E-state index in [2.05, 4.69) is 31.7 Å². The summed E-state index contributed by atoms with van der Waals surface area (Å²) in [4.78, 5) is 25.5. The van der Waals surface area contributed by atoms with Crippen molar-refractivity contribution in [1.82, 2.24) is 20.3 Å². The lowest BCUT2D eigenvalue weighted by Gasteiger charge is -2.07. The highest BCUT2D eigenvalue weighted by molar-refractivity contribution is 7.22. The Hall–Kier alpha value is -3.36. The first kappa shape index (κ1) is 19.9. The molecule has 0 aliphatic heterocycles. The number of amides is 2. The van der Waals surface area contributed by atoms with Crippen LogP contribution in [0.15, 0.2) is 54.9 Å². The summed E-state index contributed by atoms with van der Waals surface area (Å²) in [6, 6.07) is 13.5. The molecular formula is C22H21N5O2S. The quantitative estimate of drug-likeness (QED) is 0.437. The van der Waals surface area contributed by atoms with Crippen molar-refractivity contribution in [2.45, 2.75) is 13.3 Å². The summed E-state index contributed by atoms with van der Waals surface area (Å²) in [5.74, 6) is 0. The van der Waals surface area contributed by atoms with Crippen LogP contribution in [0.4, 0.5) is 9.93 Å². The van der Waals surface area contributed by atoms with Crippen molar-refractivity contribution in [3.63, 3.8) is 0 Å². The molecular weight excluding hydrogens is 398 g/mol. The fourth-order valence-corrected chi connectivity index (χ4v) is 4.09. The molecule has 2 amide bonds. The van der Waals surface area contributed by atoms with Crippen molar-refractivity contribution in [2.24, 2.45) is 0 Å². The highest BCUT2D eigenvalue weighted by atomic mass is 32.1. The molecule has 3 aromatic heterocycles. The second kappa shape index (κ2) is 8.98. The molecule has 3 heterocycles. The van der Waals surface area contributed by atoms with Crippen LogP contribution in [0, 0.1) is 0 Å². The minimum Gasteiger partial charge on any atom is -0.396 e. The summed E-state index contributed by atoms with van der Waals surface area (Å²) < 4.78 is 0.953. The van der Waals surface area contributed by atoms with Gasteiger partial charge in [-0.1, -0.05) is 23.5 Å². The fourth-order valence-electron chi connectivity index (χ4n) is 3.12.